The topological polar surface area (TPSA) is 29.9 Å². The smallest absolute Gasteiger partial charge is 0.148 e. The summed E-state index contributed by atoms with van der Waals surface area (Å²) in [5, 5.41) is 3.41. The second-order valence-corrected chi connectivity index (χ2v) is 4.92. The monoisotopic (exact) mass is 255 g/mol. The third-order valence-electron chi connectivity index (χ3n) is 3.28. The lowest BCUT2D eigenvalue weighted by molar-refractivity contribution is 0.384. The number of anilines is 1. The van der Waals surface area contributed by atoms with Gasteiger partial charge in [-0.25, -0.2) is 4.98 Å². The van der Waals surface area contributed by atoms with E-state index in [0.717, 1.165) is 23.6 Å². The molecule has 0 atom stereocenters. The number of fused-ring (bicyclic) bond motifs is 1. The molecule has 3 nitrogen and oxygen atoms in total. The minimum Gasteiger partial charge on any atom is -0.369 e. The molecule has 0 spiro atoms. The Morgan fingerprint density at radius 1 is 1.36 bits per heavy atom. The van der Waals surface area contributed by atoms with Gasteiger partial charge in [0.1, 0.15) is 16.2 Å². The van der Waals surface area contributed by atoms with Crippen LogP contribution in [0.2, 0.25) is 0 Å². The van der Waals surface area contributed by atoms with Crippen LogP contribution >= 0.6 is 15.9 Å². The second-order valence-electron chi connectivity index (χ2n) is 4.17. The number of hydrogen-bond acceptors (Lipinski definition) is 2. The van der Waals surface area contributed by atoms with E-state index >= 15 is 0 Å². The van der Waals surface area contributed by atoms with Crippen molar-refractivity contribution in [3.05, 3.63) is 10.4 Å². The van der Waals surface area contributed by atoms with Gasteiger partial charge in [-0.3, -0.25) is 0 Å². The Hall–Kier alpha value is -0.510. The van der Waals surface area contributed by atoms with E-state index in [9.17, 15) is 0 Å². The van der Waals surface area contributed by atoms with Crippen molar-refractivity contribution in [2.24, 2.45) is 0 Å². The van der Waals surface area contributed by atoms with E-state index in [4.69, 9.17) is 0 Å². The minimum atomic E-state index is 0.722. The molecule has 2 heterocycles. The Balaban J connectivity index is 2.02. The van der Waals surface area contributed by atoms with Gasteiger partial charge in [0.2, 0.25) is 0 Å². The fourth-order valence-electron chi connectivity index (χ4n) is 2.26. The van der Waals surface area contributed by atoms with Crippen LogP contribution in [0.3, 0.4) is 0 Å². The zero-order valence-electron chi connectivity index (χ0n) is 8.09. The lowest BCUT2D eigenvalue weighted by Gasteiger charge is -2.27. The Kier molecular flexibility index (Phi) is 2.04. The normalized spacial score (nSPS) is 21.2. The molecule has 1 fully saturated rings. The number of nitrogens with zero attached hydrogens (tertiary/aromatic N) is 2. The molecule has 3 rings (SSSR count). The maximum Gasteiger partial charge on any atom is 0.148 e. The highest BCUT2D eigenvalue weighted by molar-refractivity contribution is 9.10. The summed E-state index contributed by atoms with van der Waals surface area (Å²) in [4.78, 5) is 4.63. The molecule has 1 aliphatic carbocycles. The Morgan fingerprint density at radius 2 is 2.21 bits per heavy atom. The first-order valence-electron chi connectivity index (χ1n) is 5.36. The van der Waals surface area contributed by atoms with E-state index in [-0.39, 0.29) is 0 Å². The summed E-state index contributed by atoms with van der Waals surface area (Å²) in [5.41, 5.74) is 0. The number of imidazole rings is 1. The number of hydrogen-bond donors (Lipinski definition) is 1. The maximum atomic E-state index is 4.63. The number of halogens is 1. The molecule has 0 aromatic carbocycles. The zero-order chi connectivity index (χ0) is 9.54. The van der Waals surface area contributed by atoms with E-state index in [2.05, 4.69) is 30.8 Å². The molecule has 1 aliphatic heterocycles. The number of nitrogens with one attached hydrogen (secondary N) is 1. The third-order valence-corrected chi connectivity index (χ3v) is 3.83. The van der Waals surface area contributed by atoms with E-state index in [0.29, 0.717) is 0 Å². The predicted molar refractivity (Wildman–Crippen MR) is 59.6 cm³/mol. The van der Waals surface area contributed by atoms with Crippen molar-refractivity contribution in [2.75, 3.05) is 11.9 Å². The van der Waals surface area contributed by atoms with Gasteiger partial charge in [0.05, 0.1) is 0 Å². The molecule has 76 valence electrons. The molecule has 0 unspecified atom stereocenters. The Morgan fingerprint density at radius 3 is 2.93 bits per heavy atom. The van der Waals surface area contributed by atoms with E-state index in [1.807, 2.05) is 0 Å². The van der Waals surface area contributed by atoms with Crippen LogP contribution in [0, 0.1) is 0 Å². The summed E-state index contributed by atoms with van der Waals surface area (Å²) in [6.07, 6.45) is 5.24. The highest BCUT2D eigenvalue weighted by atomic mass is 79.9. The molecular formula is C10H14BrN3. The summed E-state index contributed by atoms with van der Waals surface area (Å²) >= 11 is 3.53. The van der Waals surface area contributed by atoms with Crippen molar-refractivity contribution in [3.63, 3.8) is 0 Å². The second kappa shape index (κ2) is 3.26. The highest BCUT2D eigenvalue weighted by Crippen LogP contribution is 2.39. The van der Waals surface area contributed by atoms with Crippen LogP contribution in [-0.2, 0) is 6.54 Å². The summed E-state index contributed by atoms with van der Waals surface area (Å²) in [5.74, 6) is 3.21. The quantitative estimate of drug-likeness (QED) is 0.837. The van der Waals surface area contributed by atoms with Crippen molar-refractivity contribution in [1.29, 1.82) is 0 Å². The molecule has 0 bridgehead atoms. The van der Waals surface area contributed by atoms with Crippen molar-refractivity contribution in [3.8, 4) is 0 Å². The number of rotatable bonds is 1. The van der Waals surface area contributed by atoms with Gasteiger partial charge < -0.3 is 9.88 Å². The van der Waals surface area contributed by atoms with Crippen LogP contribution in [0.1, 0.15) is 37.4 Å². The molecule has 1 saturated carbocycles. The molecule has 0 radical (unpaired) electrons. The Bertz CT molecular complexity index is 354. The van der Waals surface area contributed by atoms with Crippen LogP contribution in [0.5, 0.6) is 0 Å². The third kappa shape index (κ3) is 1.20. The van der Waals surface area contributed by atoms with Gasteiger partial charge >= 0.3 is 0 Å². The summed E-state index contributed by atoms with van der Waals surface area (Å²) in [7, 11) is 0. The minimum absolute atomic E-state index is 0.722. The van der Waals surface area contributed by atoms with Gasteiger partial charge in [-0.05, 0) is 35.2 Å². The van der Waals surface area contributed by atoms with Crippen molar-refractivity contribution < 1.29 is 0 Å². The molecule has 14 heavy (non-hydrogen) atoms. The first-order chi connectivity index (χ1) is 6.86. The van der Waals surface area contributed by atoms with Gasteiger partial charge in [0.15, 0.2) is 0 Å². The predicted octanol–water partition coefficient (Wildman–Crippen LogP) is 2.73. The first kappa shape index (κ1) is 8.77. The van der Waals surface area contributed by atoms with Gasteiger partial charge in [0, 0.05) is 19.0 Å². The molecule has 0 saturated heterocycles. The lowest BCUT2D eigenvalue weighted by atomic mass is 9.85. The molecule has 0 amide bonds. The van der Waals surface area contributed by atoms with Crippen LogP contribution in [-0.4, -0.2) is 16.1 Å². The van der Waals surface area contributed by atoms with Gasteiger partial charge in [0.25, 0.3) is 0 Å². The van der Waals surface area contributed by atoms with Crippen molar-refractivity contribution in [2.45, 2.75) is 38.1 Å². The van der Waals surface area contributed by atoms with Gasteiger partial charge in [-0.2, -0.15) is 0 Å². The van der Waals surface area contributed by atoms with Crippen LogP contribution in [0.15, 0.2) is 4.60 Å². The average molecular weight is 256 g/mol. The van der Waals surface area contributed by atoms with Gasteiger partial charge in [-0.1, -0.05) is 6.42 Å². The average Bonchev–Trinajstić information content (AvgIpc) is 2.43. The molecule has 1 N–H and O–H groups in total. The van der Waals surface area contributed by atoms with E-state index in [1.54, 1.807) is 0 Å². The fraction of sp³-hybridized carbons (Fsp3) is 0.700. The highest BCUT2D eigenvalue weighted by Gasteiger charge is 2.28. The van der Waals surface area contributed by atoms with Crippen LogP contribution < -0.4 is 5.32 Å². The summed E-state index contributed by atoms with van der Waals surface area (Å²) in [6.45, 7) is 2.21. The molecule has 1 aromatic rings. The van der Waals surface area contributed by atoms with E-state index < -0.39 is 0 Å². The SMILES string of the molecule is Brc1nc(C2CCC2)n2c1NCCC2. The van der Waals surface area contributed by atoms with E-state index in [1.165, 1.54) is 37.3 Å². The van der Waals surface area contributed by atoms with Gasteiger partial charge in [-0.15, -0.1) is 0 Å². The summed E-state index contributed by atoms with van der Waals surface area (Å²) < 4.78 is 3.36. The lowest BCUT2D eigenvalue weighted by Crippen LogP contribution is -2.21. The molecular weight excluding hydrogens is 242 g/mol. The van der Waals surface area contributed by atoms with Crippen molar-refractivity contribution in [1.82, 2.24) is 9.55 Å². The fourth-order valence-corrected chi connectivity index (χ4v) is 2.79. The van der Waals surface area contributed by atoms with Crippen molar-refractivity contribution >= 4 is 21.7 Å². The zero-order valence-corrected chi connectivity index (χ0v) is 9.68. The first-order valence-corrected chi connectivity index (χ1v) is 6.15. The molecule has 1 aromatic heterocycles. The largest absolute Gasteiger partial charge is 0.369 e. The Labute approximate surface area is 92.0 Å². The van der Waals surface area contributed by atoms with Crippen LogP contribution in [0.25, 0.3) is 0 Å². The van der Waals surface area contributed by atoms with Crippen LogP contribution in [0.4, 0.5) is 5.82 Å². The molecule has 4 heteroatoms. The number of aromatic nitrogens is 2. The standard InChI is InChI=1S/C10H14BrN3/c11-8-10-12-5-2-6-14(10)9(13-8)7-3-1-4-7/h7,12H,1-6H2. The molecule has 2 aliphatic rings. The summed E-state index contributed by atoms with van der Waals surface area (Å²) in [6, 6.07) is 0. The maximum absolute atomic E-state index is 4.63.